The molecule has 0 aliphatic carbocycles. The molecule has 2 N–H and O–H groups in total. The van der Waals surface area contributed by atoms with Crippen LogP contribution in [0.25, 0.3) is 0 Å². The van der Waals surface area contributed by atoms with E-state index in [1.165, 1.54) is 11.3 Å². The molecule has 0 saturated carbocycles. The van der Waals surface area contributed by atoms with Crippen molar-refractivity contribution < 1.29 is 24.2 Å². The predicted molar refractivity (Wildman–Crippen MR) is 72.6 cm³/mol. The predicted octanol–water partition coefficient (Wildman–Crippen LogP) is 1.10. The smallest absolute Gasteiger partial charge is 0.326 e. The van der Waals surface area contributed by atoms with Gasteiger partial charge in [0.25, 0.3) is 5.91 Å². The number of hydrogen-bond donors (Lipinski definition) is 2. The third-order valence-corrected chi connectivity index (χ3v) is 3.82. The zero-order valence-electron chi connectivity index (χ0n) is 9.31. The molecule has 1 amide bonds. The molecule has 0 radical (unpaired) electrons. The van der Waals surface area contributed by atoms with Crippen molar-refractivity contribution in [3.8, 4) is 0 Å². The number of carboxylic acids is 1. The van der Waals surface area contributed by atoms with Gasteiger partial charge in [-0.1, -0.05) is 0 Å². The summed E-state index contributed by atoms with van der Waals surface area (Å²) in [5, 5.41) is 12.8. The lowest BCUT2D eigenvalue weighted by Gasteiger charge is -2.12. The van der Waals surface area contributed by atoms with Gasteiger partial charge in [-0.2, -0.15) is 0 Å². The summed E-state index contributed by atoms with van der Waals surface area (Å²) in [6.07, 6.45) is -0.404. The maximum atomic E-state index is 11.7. The van der Waals surface area contributed by atoms with Crippen LogP contribution in [0.5, 0.6) is 0 Å². The van der Waals surface area contributed by atoms with Crippen molar-refractivity contribution in [1.29, 1.82) is 0 Å². The third kappa shape index (κ3) is 4.26. The fourth-order valence-electron chi connectivity index (χ4n) is 1.12. The minimum Gasteiger partial charge on any atom is -0.480 e. The number of carbonyl (C=O) groups is 3. The zero-order valence-corrected chi connectivity index (χ0v) is 12.3. The average Bonchev–Trinajstić information content (AvgIpc) is 2.74. The minimum absolute atomic E-state index is 0.375. The van der Waals surface area contributed by atoms with Crippen LogP contribution in [-0.2, 0) is 14.3 Å². The Kier molecular flexibility index (Phi) is 5.54. The number of ether oxygens (including phenoxy) is 1. The summed E-state index contributed by atoms with van der Waals surface area (Å²) in [4.78, 5) is 33.6. The van der Waals surface area contributed by atoms with Gasteiger partial charge in [0.15, 0.2) is 0 Å². The Hall–Kier alpha value is -1.16. The molecule has 6 nitrogen and oxygen atoms in total. The van der Waals surface area contributed by atoms with Crippen molar-refractivity contribution in [2.75, 3.05) is 7.11 Å². The number of nitrogens with one attached hydrogen (secondary N) is 1. The SMILES string of the molecule is COC(=O)C[C@@H](NC(=O)c1csc(I)c1)C(=O)O. The van der Waals surface area contributed by atoms with Crippen molar-refractivity contribution in [3.05, 3.63) is 19.9 Å². The van der Waals surface area contributed by atoms with Crippen LogP contribution in [0, 0.1) is 2.88 Å². The average molecular weight is 383 g/mol. The molecule has 1 atom stereocenters. The van der Waals surface area contributed by atoms with Gasteiger partial charge in [0.05, 0.1) is 22.0 Å². The van der Waals surface area contributed by atoms with Gasteiger partial charge in [0.1, 0.15) is 6.04 Å². The van der Waals surface area contributed by atoms with Gasteiger partial charge in [-0.3, -0.25) is 9.59 Å². The Bertz CT molecular complexity index is 473. The Morgan fingerprint density at radius 3 is 2.67 bits per heavy atom. The Morgan fingerprint density at radius 1 is 1.56 bits per heavy atom. The van der Waals surface area contributed by atoms with E-state index in [1.54, 1.807) is 11.4 Å². The van der Waals surface area contributed by atoms with Crippen LogP contribution in [0.1, 0.15) is 16.8 Å². The number of carboxylic acid groups (broad SMARTS) is 1. The van der Waals surface area contributed by atoms with Crippen molar-refractivity contribution in [2.24, 2.45) is 0 Å². The van der Waals surface area contributed by atoms with E-state index in [1.807, 2.05) is 0 Å². The summed E-state index contributed by atoms with van der Waals surface area (Å²) >= 11 is 3.43. The first-order valence-corrected chi connectivity index (χ1v) is 6.74. The maximum absolute atomic E-state index is 11.7. The molecule has 0 spiro atoms. The van der Waals surface area contributed by atoms with Crippen molar-refractivity contribution in [3.63, 3.8) is 0 Å². The fraction of sp³-hybridized carbons (Fsp3) is 0.300. The van der Waals surface area contributed by atoms with Gasteiger partial charge in [-0.25, -0.2) is 4.79 Å². The molecule has 8 heteroatoms. The van der Waals surface area contributed by atoms with E-state index in [0.29, 0.717) is 5.56 Å². The van der Waals surface area contributed by atoms with Gasteiger partial charge in [-0.05, 0) is 28.7 Å². The van der Waals surface area contributed by atoms with Crippen molar-refractivity contribution >= 4 is 51.8 Å². The second kappa shape index (κ2) is 6.69. The molecule has 1 rings (SSSR count). The topological polar surface area (TPSA) is 92.7 Å². The molecule has 0 unspecified atom stereocenters. The fourth-order valence-corrected chi connectivity index (χ4v) is 2.45. The summed E-state index contributed by atoms with van der Waals surface area (Å²) in [6, 6.07) is 0.347. The first kappa shape index (κ1) is 14.9. The monoisotopic (exact) mass is 383 g/mol. The highest BCUT2D eigenvalue weighted by Gasteiger charge is 2.24. The molecule has 1 aromatic heterocycles. The van der Waals surface area contributed by atoms with Crippen molar-refractivity contribution in [2.45, 2.75) is 12.5 Å². The molecular formula is C10H10INO5S. The highest BCUT2D eigenvalue weighted by Crippen LogP contribution is 2.16. The highest BCUT2D eigenvalue weighted by atomic mass is 127. The van der Waals surface area contributed by atoms with Crippen LogP contribution < -0.4 is 5.32 Å². The highest BCUT2D eigenvalue weighted by molar-refractivity contribution is 14.1. The molecule has 0 aromatic carbocycles. The summed E-state index contributed by atoms with van der Waals surface area (Å²) < 4.78 is 5.28. The van der Waals surface area contributed by atoms with Crippen LogP contribution in [0.3, 0.4) is 0 Å². The Morgan fingerprint density at radius 2 is 2.22 bits per heavy atom. The number of carbonyl (C=O) groups excluding carboxylic acids is 2. The van der Waals surface area contributed by atoms with E-state index < -0.39 is 30.3 Å². The summed E-state index contributed by atoms with van der Waals surface area (Å²) in [5.74, 6) is -2.49. The molecule has 0 aliphatic heterocycles. The quantitative estimate of drug-likeness (QED) is 0.587. The number of aliphatic carboxylic acids is 1. The number of amides is 1. The summed E-state index contributed by atoms with van der Waals surface area (Å²) in [5.41, 5.74) is 0.375. The van der Waals surface area contributed by atoms with Gasteiger partial charge in [-0.15, -0.1) is 11.3 Å². The van der Waals surface area contributed by atoms with Gasteiger partial charge >= 0.3 is 11.9 Å². The van der Waals surface area contributed by atoms with E-state index in [4.69, 9.17) is 5.11 Å². The third-order valence-electron chi connectivity index (χ3n) is 2.03. The van der Waals surface area contributed by atoms with Crippen LogP contribution in [0.4, 0.5) is 0 Å². The first-order valence-electron chi connectivity index (χ1n) is 4.78. The second-order valence-electron chi connectivity index (χ2n) is 3.28. The van der Waals surface area contributed by atoms with Gasteiger partial charge in [0, 0.05) is 5.38 Å². The molecule has 0 fully saturated rings. The molecule has 1 heterocycles. The van der Waals surface area contributed by atoms with Crippen LogP contribution in [-0.4, -0.2) is 36.1 Å². The van der Waals surface area contributed by atoms with E-state index in [9.17, 15) is 14.4 Å². The van der Waals surface area contributed by atoms with Gasteiger partial charge < -0.3 is 15.2 Å². The standard InChI is InChI=1S/C10H10INO5S/c1-17-8(13)3-6(10(15)16)12-9(14)5-2-7(11)18-4-5/h2,4,6H,3H2,1H3,(H,12,14)(H,15,16)/t6-/m1/s1. The zero-order chi connectivity index (χ0) is 13.7. The van der Waals surface area contributed by atoms with Crippen LogP contribution >= 0.6 is 33.9 Å². The molecule has 0 saturated heterocycles. The normalized spacial score (nSPS) is 11.7. The van der Waals surface area contributed by atoms with Crippen LogP contribution in [0.15, 0.2) is 11.4 Å². The number of rotatable bonds is 5. The second-order valence-corrected chi connectivity index (χ2v) is 6.09. The molecule has 1 aromatic rings. The number of thiophene rings is 1. The lowest BCUT2D eigenvalue weighted by atomic mass is 10.2. The number of esters is 1. The van der Waals surface area contributed by atoms with Crippen molar-refractivity contribution in [1.82, 2.24) is 5.32 Å². The maximum Gasteiger partial charge on any atom is 0.326 e. The Balaban J connectivity index is 2.69. The molecule has 0 aliphatic rings. The van der Waals surface area contributed by atoms with Gasteiger partial charge in [0.2, 0.25) is 0 Å². The number of methoxy groups -OCH3 is 1. The molecule has 18 heavy (non-hydrogen) atoms. The van der Waals surface area contributed by atoms with Crippen LogP contribution in [0.2, 0.25) is 0 Å². The van der Waals surface area contributed by atoms with E-state index >= 15 is 0 Å². The molecular weight excluding hydrogens is 373 g/mol. The summed E-state index contributed by atoms with van der Waals surface area (Å²) in [6.45, 7) is 0. The van der Waals surface area contributed by atoms with E-state index in [0.717, 1.165) is 9.99 Å². The lowest BCUT2D eigenvalue weighted by molar-refractivity contribution is -0.147. The summed E-state index contributed by atoms with van der Waals surface area (Å²) in [7, 11) is 1.16. The van der Waals surface area contributed by atoms with E-state index in [-0.39, 0.29) is 0 Å². The largest absolute Gasteiger partial charge is 0.480 e. The number of halogens is 1. The minimum atomic E-state index is -1.29. The molecule has 98 valence electrons. The molecule has 0 bridgehead atoms. The lowest BCUT2D eigenvalue weighted by Crippen LogP contribution is -2.42. The van der Waals surface area contributed by atoms with E-state index in [2.05, 4.69) is 32.6 Å². The Labute approximate surface area is 120 Å². The number of hydrogen-bond acceptors (Lipinski definition) is 5. The first-order chi connectivity index (χ1) is 8.43.